The van der Waals surface area contributed by atoms with Gasteiger partial charge in [0.05, 0.1) is 19.2 Å². The number of hydrogen-bond donors (Lipinski definition) is 2. The number of aliphatic hydroxyl groups is 1. The quantitative estimate of drug-likeness (QED) is 0.890. The summed E-state index contributed by atoms with van der Waals surface area (Å²) in [5, 5.41) is 11.0. The molecule has 0 spiro atoms. The van der Waals surface area contributed by atoms with Crippen LogP contribution < -0.4 is 4.74 Å². The molecule has 1 fully saturated rings. The second kappa shape index (κ2) is 5.64. The van der Waals surface area contributed by atoms with Crippen molar-refractivity contribution in [2.75, 3.05) is 26.8 Å². The van der Waals surface area contributed by atoms with Crippen molar-refractivity contribution in [3.63, 3.8) is 0 Å². The van der Waals surface area contributed by atoms with Gasteiger partial charge in [-0.3, -0.25) is 4.90 Å². The molecular weight excluding hydrogens is 276 g/mol. The second-order valence-corrected chi connectivity index (χ2v) is 5.59. The first-order valence-electron chi connectivity index (χ1n) is 6.92. The fourth-order valence-corrected chi connectivity index (χ4v) is 3.20. The van der Waals surface area contributed by atoms with E-state index in [9.17, 15) is 5.11 Å². The fraction of sp³-hybridized carbons (Fsp3) is 0.467. The number of fused-ring (bicyclic) bond motifs is 1. The van der Waals surface area contributed by atoms with E-state index in [0.29, 0.717) is 11.2 Å². The summed E-state index contributed by atoms with van der Waals surface area (Å²) in [6, 6.07) is 6.24. The van der Waals surface area contributed by atoms with E-state index in [4.69, 9.17) is 16.3 Å². The molecule has 1 aromatic carbocycles. The highest BCUT2D eigenvalue weighted by molar-refractivity contribution is 6.32. The van der Waals surface area contributed by atoms with E-state index in [1.54, 1.807) is 7.11 Å². The Hall–Kier alpha value is -1.23. The monoisotopic (exact) mass is 294 g/mol. The van der Waals surface area contributed by atoms with Crippen molar-refractivity contribution in [1.82, 2.24) is 9.88 Å². The molecule has 5 heteroatoms. The SMILES string of the molecule is COc1cccc2[nH]c(Cl)c(CCN3CCC3CO)c12. The molecule has 3 rings (SSSR count). The van der Waals surface area contributed by atoms with E-state index in [-0.39, 0.29) is 6.61 Å². The Labute approximate surface area is 123 Å². The third-order valence-corrected chi connectivity index (χ3v) is 4.51. The number of rotatable bonds is 5. The van der Waals surface area contributed by atoms with Gasteiger partial charge in [0.25, 0.3) is 0 Å². The van der Waals surface area contributed by atoms with Crippen LogP contribution in [0.3, 0.4) is 0 Å². The van der Waals surface area contributed by atoms with Gasteiger partial charge in [0.15, 0.2) is 0 Å². The van der Waals surface area contributed by atoms with Crippen LogP contribution in [0.1, 0.15) is 12.0 Å². The number of likely N-dealkylation sites (tertiary alicyclic amines) is 1. The molecule has 0 bridgehead atoms. The third-order valence-electron chi connectivity index (χ3n) is 4.18. The smallest absolute Gasteiger partial charge is 0.128 e. The first kappa shape index (κ1) is 13.7. The fourth-order valence-electron chi connectivity index (χ4n) is 2.91. The summed E-state index contributed by atoms with van der Waals surface area (Å²) >= 11 is 6.33. The van der Waals surface area contributed by atoms with Gasteiger partial charge in [0, 0.05) is 30.1 Å². The van der Waals surface area contributed by atoms with E-state index < -0.39 is 0 Å². The molecule has 1 aliphatic rings. The lowest BCUT2D eigenvalue weighted by atomic mass is 10.0. The van der Waals surface area contributed by atoms with Gasteiger partial charge in [-0.25, -0.2) is 0 Å². The van der Waals surface area contributed by atoms with Gasteiger partial charge in [-0.2, -0.15) is 0 Å². The van der Waals surface area contributed by atoms with Crippen LogP contribution in [0, 0.1) is 0 Å². The number of H-pyrrole nitrogens is 1. The van der Waals surface area contributed by atoms with Crippen molar-refractivity contribution in [3.05, 3.63) is 28.9 Å². The molecule has 2 heterocycles. The van der Waals surface area contributed by atoms with Crippen molar-refractivity contribution >= 4 is 22.5 Å². The lowest BCUT2D eigenvalue weighted by molar-refractivity contribution is 0.0437. The van der Waals surface area contributed by atoms with E-state index in [0.717, 1.165) is 48.1 Å². The summed E-state index contributed by atoms with van der Waals surface area (Å²) in [7, 11) is 1.68. The summed E-state index contributed by atoms with van der Waals surface area (Å²) in [5.74, 6) is 0.850. The van der Waals surface area contributed by atoms with E-state index >= 15 is 0 Å². The zero-order chi connectivity index (χ0) is 14.1. The molecule has 4 nitrogen and oxygen atoms in total. The number of aromatic nitrogens is 1. The predicted octanol–water partition coefficient (Wildman–Crippen LogP) is 2.44. The minimum atomic E-state index is 0.241. The van der Waals surface area contributed by atoms with E-state index in [1.165, 1.54) is 0 Å². The number of hydrogen-bond acceptors (Lipinski definition) is 3. The van der Waals surface area contributed by atoms with Crippen molar-refractivity contribution in [3.8, 4) is 5.75 Å². The second-order valence-electron chi connectivity index (χ2n) is 5.21. The standard InChI is InChI=1S/C15H19ClN2O2/c1-20-13-4-2-3-12-14(13)11(15(16)17-12)6-8-18-7-5-10(18)9-19/h2-4,10,17,19H,5-9H2,1H3. The molecular formula is C15H19ClN2O2. The highest BCUT2D eigenvalue weighted by Gasteiger charge is 2.27. The van der Waals surface area contributed by atoms with E-state index in [1.807, 2.05) is 18.2 Å². The Morgan fingerprint density at radius 2 is 2.35 bits per heavy atom. The molecule has 2 N–H and O–H groups in total. The Morgan fingerprint density at radius 3 is 3.00 bits per heavy atom. The molecule has 0 saturated carbocycles. The Balaban J connectivity index is 1.85. The van der Waals surface area contributed by atoms with Gasteiger partial charge < -0.3 is 14.8 Å². The van der Waals surface area contributed by atoms with Crippen LogP contribution in [-0.4, -0.2) is 47.8 Å². The van der Waals surface area contributed by atoms with Crippen molar-refractivity contribution < 1.29 is 9.84 Å². The molecule has 0 amide bonds. The normalized spacial score (nSPS) is 19.2. The number of methoxy groups -OCH3 is 1. The third kappa shape index (κ3) is 2.28. The van der Waals surface area contributed by atoms with Crippen LogP contribution in [0.2, 0.25) is 5.15 Å². The zero-order valence-electron chi connectivity index (χ0n) is 11.5. The molecule has 1 aliphatic heterocycles. The van der Waals surface area contributed by atoms with Gasteiger partial charge in [-0.05, 0) is 25.0 Å². The first-order valence-corrected chi connectivity index (χ1v) is 7.30. The summed E-state index contributed by atoms with van der Waals surface area (Å²) < 4.78 is 5.44. The van der Waals surface area contributed by atoms with Gasteiger partial charge in [0.2, 0.25) is 0 Å². The highest BCUT2D eigenvalue weighted by Crippen LogP contribution is 2.34. The molecule has 2 aromatic rings. The molecule has 1 unspecified atom stereocenters. The maximum atomic E-state index is 9.23. The van der Waals surface area contributed by atoms with E-state index in [2.05, 4.69) is 9.88 Å². The van der Waals surface area contributed by atoms with Crippen molar-refractivity contribution in [2.45, 2.75) is 18.9 Å². The first-order chi connectivity index (χ1) is 9.74. The van der Waals surface area contributed by atoms with Crippen LogP contribution in [0.5, 0.6) is 5.75 Å². The van der Waals surface area contributed by atoms with Crippen LogP contribution in [0.15, 0.2) is 18.2 Å². The van der Waals surface area contributed by atoms with Crippen LogP contribution in [0.25, 0.3) is 10.9 Å². The van der Waals surface area contributed by atoms with Crippen molar-refractivity contribution in [2.24, 2.45) is 0 Å². The largest absolute Gasteiger partial charge is 0.496 e. The lowest BCUT2D eigenvalue weighted by Crippen LogP contribution is -2.50. The van der Waals surface area contributed by atoms with Crippen LogP contribution in [0.4, 0.5) is 0 Å². The minimum absolute atomic E-state index is 0.241. The average Bonchev–Trinajstić information content (AvgIpc) is 2.74. The minimum Gasteiger partial charge on any atom is -0.496 e. The number of benzene rings is 1. The molecule has 1 aromatic heterocycles. The van der Waals surface area contributed by atoms with Crippen LogP contribution >= 0.6 is 11.6 Å². The number of ether oxygens (including phenoxy) is 1. The van der Waals surface area contributed by atoms with Gasteiger partial charge in [-0.15, -0.1) is 0 Å². The summed E-state index contributed by atoms with van der Waals surface area (Å²) in [5.41, 5.74) is 2.11. The number of nitrogens with one attached hydrogen (secondary N) is 1. The summed E-state index contributed by atoms with van der Waals surface area (Å²) in [6.45, 7) is 2.21. The molecule has 20 heavy (non-hydrogen) atoms. The summed E-state index contributed by atoms with van der Waals surface area (Å²) in [6.07, 6.45) is 1.94. The Bertz CT molecular complexity index is 609. The maximum Gasteiger partial charge on any atom is 0.128 e. The van der Waals surface area contributed by atoms with Gasteiger partial charge in [-0.1, -0.05) is 17.7 Å². The maximum absolute atomic E-state index is 9.23. The highest BCUT2D eigenvalue weighted by atomic mass is 35.5. The zero-order valence-corrected chi connectivity index (χ0v) is 12.3. The summed E-state index contributed by atoms with van der Waals surface area (Å²) in [4.78, 5) is 5.50. The Morgan fingerprint density at radius 1 is 1.50 bits per heavy atom. The number of halogens is 1. The molecule has 1 atom stereocenters. The van der Waals surface area contributed by atoms with Gasteiger partial charge in [0.1, 0.15) is 10.9 Å². The average molecular weight is 295 g/mol. The topological polar surface area (TPSA) is 48.5 Å². The Kier molecular flexibility index (Phi) is 3.87. The van der Waals surface area contributed by atoms with Crippen molar-refractivity contribution in [1.29, 1.82) is 0 Å². The number of nitrogens with zero attached hydrogens (tertiary/aromatic N) is 1. The molecule has 0 radical (unpaired) electrons. The molecule has 1 saturated heterocycles. The number of aromatic amines is 1. The molecule has 108 valence electrons. The van der Waals surface area contributed by atoms with Crippen LogP contribution in [-0.2, 0) is 6.42 Å². The lowest BCUT2D eigenvalue weighted by Gasteiger charge is -2.39. The van der Waals surface area contributed by atoms with Gasteiger partial charge >= 0.3 is 0 Å². The predicted molar refractivity (Wildman–Crippen MR) is 80.6 cm³/mol. The molecule has 0 aliphatic carbocycles. The number of aliphatic hydroxyl groups excluding tert-OH is 1.